The van der Waals surface area contributed by atoms with Crippen molar-refractivity contribution < 1.29 is 13.9 Å². The molecule has 26 heavy (non-hydrogen) atoms. The molecule has 1 N–H and O–H groups in total. The normalized spacial score (nSPS) is 18.6. The number of hydrogen-bond acceptors (Lipinski definition) is 3. The van der Waals surface area contributed by atoms with E-state index < -0.39 is 18.2 Å². The van der Waals surface area contributed by atoms with Gasteiger partial charge in [-0.2, -0.15) is 0 Å². The molecule has 2 atom stereocenters. The number of unbranched alkanes of at least 4 members (excludes halogenated alkanes) is 3. The summed E-state index contributed by atoms with van der Waals surface area (Å²) < 4.78 is 18.9. The van der Waals surface area contributed by atoms with Crippen LogP contribution < -0.4 is 5.32 Å². The number of halogens is 1. The highest BCUT2D eigenvalue weighted by Gasteiger charge is 2.36. The molecule has 1 amide bonds. The lowest BCUT2D eigenvalue weighted by Gasteiger charge is -2.17. The van der Waals surface area contributed by atoms with Gasteiger partial charge in [0.05, 0.1) is 0 Å². The van der Waals surface area contributed by atoms with E-state index in [-0.39, 0.29) is 5.82 Å². The van der Waals surface area contributed by atoms with Crippen molar-refractivity contribution in [3.63, 3.8) is 0 Å². The Bertz CT molecular complexity index is 841. The Morgan fingerprint density at radius 1 is 1.23 bits per heavy atom. The SMILES string of the molecule is CCCCCC#Cc1cncc([C@H]2NC(=O)O[C@@H]2c2cccc(F)c2)c1. The second-order valence-corrected chi connectivity index (χ2v) is 6.27. The fourth-order valence-electron chi connectivity index (χ4n) is 2.95. The maximum absolute atomic E-state index is 13.5. The first kappa shape index (κ1) is 17.9. The fraction of sp³-hybridized carbons (Fsp3) is 0.333. The maximum atomic E-state index is 13.5. The first-order valence-electron chi connectivity index (χ1n) is 8.84. The molecule has 3 rings (SSSR count). The Morgan fingerprint density at radius 3 is 2.92 bits per heavy atom. The van der Waals surface area contributed by atoms with Gasteiger partial charge in [0.2, 0.25) is 0 Å². The van der Waals surface area contributed by atoms with Crippen LogP contribution in [0.5, 0.6) is 0 Å². The summed E-state index contributed by atoms with van der Waals surface area (Å²) in [5.41, 5.74) is 2.17. The monoisotopic (exact) mass is 352 g/mol. The van der Waals surface area contributed by atoms with Crippen molar-refractivity contribution in [2.45, 2.75) is 44.8 Å². The molecule has 0 radical (unpaired) electrons. The summed E-state index contributed by atoms with van der Waals surface area (Å²) in [5, 5.41) is 2.78. The molecule has 0 aliphatic carbocycles. The Balaban J connectivity index is 1.80. The third kappa shape index (κ3) is 4.40. The van der Waals surface area contributed by atoms with Crippen molar-refractivity contribution in [1.29, 1.82) is 0 Å². The van der Waals surface area contributed by atoms with Gasteiger partial charge < -0.3 is 10.1 Å². The summed E-state index contributed by atoms with van der Waals surface area (Å²) in [6.07, 6.45) is 6.53. The van der Waals surface area contributed by atoms with Crippen molar-refractivity contribution in [3.8, 4) is 11.8 Å². The van der Waals surface area contributed by atoms with Gasteiger partial charge in [-0.3, -0.25) is 4.98 Å². The molecule has 1 aromatic carbocycles. The van der Waals surface area contributed by atoms with E-state index in [1.807, 2.05) is 6.07 Å². The quantitative estimate of drug-likeness (QED) is 0.628. The fourth-order valence-corrected chi connectivity index (χ4v) is 2.95. The molecule has 0 unspecified atom stereocenters. The highest BCUT2D eigenvalue weighted by Crippen LogP contribution is 2.36. The van der Waals surface area contributed by atoms with E-state index in [1.54, 1.807) is 24.5 Å². The van der Waals surface area contributed by atoms with Crippen LogP contribution in [-0.2, 0) is 4.74 Å². The number of pyridine rings is 1. The Hall–Kier alpha value is -2.87. The number of cyclic esters (lactones) is 1. The van der Waals surface area contributed by atoms with E-state index in [4.69, 9.17) is 4.74 Å². The van der Waals surface area contributed by atoms with E-state index in [9.17, 15) is 9.18 Å². The van der Waals surface area contributed by atoms with Crippen LogP contribution >= 0.6 is 0 Å². The molecule has 1 fully saturated rings. The van der Waals surface area contributed by atoms with Gasteiger partial charge in [-0.05, 0) is 35.7 Å². The highest BCUT2D eigenvalue weighted by molar-refractivity contribution is 5.71. The Morgan fingerprint density at radius 2 is 2.12 bits per heavy atom. The molecule has 0 spiro atoms. The largest absolute Gasteiger partial charge is 0.439 e. The number of alkyl carbamates (subject to hydrolysis) is 1. The summed E-state index contributed by atoms with van der Waals surface area (Å²) in [7, 11) is 0. The molecule has 134 valence electrons. The molecule has 1 saturated heterocycles. The van der Waals surface area contributed by atoms with Gasteiger partial charge in [0.1, 0.15) is 11.9 Å². The third-order valence-electron chi connectivity index (χ3n) is 4.24. The topological polar surface area (TPSA) is 51.2 Å². The van der Waals surface area contributed by atoms with Crippen LogP contribution in [0.3, 0.4) is 0 Å². The molecule has 2 heterocycles. The lowest BCUT2D eigenvalue weighted by atomic mass is 9.97. The highest BCUT2D eigenvalue weighted by atomic mass is 19.1. The maximum Gasteiger partial charge on any atom is 0.408 e. The predicted molar refractivity (Wildman–Crippen MR) is 96.8 cm³/mol. The number of rotatable bonds is 5. The number of aromatic nitrogens is 1. The van der Waals surface area contributed by atoms with Gasteiger partial charge in [-0.1, -0.05) is 43.7 Å². The van der Waals surface area contributed by atoms with E-state index in [1.165, 1.54) is 25.0 Å². The second-order valence-electron chi connectivity index (χ2n) is 6.27. The van der Waals surface area contributed by atoms with Crippen LogP contribution in [0.1, 0.15) is 61.4 Å². The van der Waals surface area contributed by atoms with Crippen molar-refractivity contribution >= 4 is 6.09 Å². The van der Waals surface area contributed by atoms with Crippen LogP contribution in [0.4, 0.5) is 9.18 Å². The Labute approximate surface area is 152 Å². The summed E-state index contributed by atoms with van der Waals surface area (Å²) in [6, 6.07) is 7.54. The van der Waals surface area contributed by atoms with Crippen molar-refractivity contribution in [1.82, 2.24) is 10.3 Å². The number of benzene rings is 1. The Kier molecular flexibility index (Phi) is 5.85. The molecule has 0 saturated carbocycles. The van der Waals surface area contributed by atoms with Crippen LogP contribution in [0, 0.1) is 17.7 Å². The van der Waals surface area contributed by atoms with Crippen LogP contribution in [0.2, 0.25) is 0 Å². The van der Waals surface area contributed by atoms with E-state index in [0.717, 1.165) is 24.0 Å². The number of nitrogens with one attached hydrogen (secondary N) is 1. The number of nitrogens with zero attached hydrogens (tertiary/aromatic N) is 1. The minimum Gasteiger partial charge on any atom is -0.439 e. The second kappa shape index (κ2) is 8.48. The first-order chi connectivity index (χ1) is 12.7. The minimum absolute atomic E-state index is 0.367. The van der Waals surface area contributed by atoms with E-state index >= 15 is 0 Å². The summed E-state index contributed by atoms with van der Waals surface area (Å²) in [4.78, 5) is 16.0. The summed E-state index contributed by atoms with van der Waals surface area (Å²) >= 11 is 0. The number of hydrogen-bond donors (Lipinski definition) is 1. The van der Waals surface area contributed by atoms with Crippen molar-refractivity contribution in [3.05, 3.63) is 65.2 Å². The number of carbonyl (C=O) groups excluding carboxylic acids is 1. The molecule has 4 nitrogen and oxygen atoms in total. The lowest BCUT2D eigenvalue weighted by molar-refractivity contribution is 0.132. The van der Waals surface area contributed by atoms with Gasteiger partial charge in [0.15, 0.2) is 6.10 Å². The molecular weight excluding hydrogens is 331 g/mol. The van der Waals surface area contributed by atoms with Gasteiger partial charge in [-0.15, -0.1) is 0 Å². The predicted octanol–water partition coefficient (Wildman–Crippen LogP) is 4.67. The van der Waals surface area contributed by atoms with Crippen molar-refractivity contribution in [2.75, 3.05) is 0 Å². The average Bonchev–Trinajstić information content (AvgIpc) is 3.04. The van der Waals surface area contributed by atoms with Crippen molar-refractivity contribution in [2.24, 2.45) is 0 Å². The van der Waals surface area contributed by atoms with E-state index in [2.05, 4.69) is 29.1 Å². The van der Waals surface area contributed by atoms with Crippen LogP contribution in [0.15, 0.2) is 42.7 Å². The first-order valence-corrected chi connectivity index (χ1v) is 8.84. The zero-order valence-corrected chi connectivity index (χ0v) is 14.7. The standard InChI is InChI=1S/C21H21FN2O2/c1-2-3-4-5-6-8-15-11-17(14-23-13-15)19-20(26-21(25)24-19)16-9-7-10-18(22)12-16/h7,9-14,19-20H,2-5H2,1H3,(H,24,25)/t19-,20-/m1/s1. The number of ether oxygens (including phenoxy) is 1. The molecule has 2 aromatic rings. The van der Waals surface area contributed by atoms with Gasteiger partial charge in [0.25, 0.3) is 0 Å². The van der Waals surface area contributed by atoms with Crippen LogP contribution in [0.25, 0.3) is 0 Å². The third-order valence-corrected chi connectivity index (χ3v) is 4.24. The molecule has 0 bridgehead atoms. The molecular formula is C21H21FN2O2. The molecule has 5 heteroatoms. The minimum atomic E-state index is -0.604. The van der Waals surface area contributed by atoms with Gasteiger partial charge >= 0.3 is 6.09 Å². The zero-order valence-electron chi connectivity index (χ0n) is 14.7. The van der Waals surface area contributed by atoms with Gasteiger partial charge in [-0.25, -0.2) is 9.18 Å². The zero-order chi connectivity index (χ0) is 18.4. The van der Waals surface area contributed by atoms with Crippen LogP contribution in [-0.4, -0.2) is 11.1 Å². The smallest absolute Gasteiger partial charge is 0.408 e. The molecule has 1 aliphatic rings. The lowest BCUT2D eigenvalue weighted by Crippen LogP contribution is -2.19. The summed E-state index contributed by atoms with van der Waals surface area (Å²) in [5.74, 6) is 5.90. The average molecular weight is 352 g/mol. The molecule has 1 aliphatic heterocycles. The number of carbonyl (C=O) groups is 1. The number of amides is 1. The van der Waals surface area contributed by atoms with E-state index in [0.29, 0.717) is 5.56 Å². The van der Waals surface area contributed by atoms with Gasteiger partial charge in [0, 0.05) is 24.4 Å². The molecule has 1 aromatic heterocycles. The summed E-state index contributed by atoms with van der Waals surface area (Å²) in [6.45, 7) is 2.16.